The number of carbonyl (C=O) groups excluding carboxylic acids is 1. The molecule has 0 spiro atoms. The van der Waals surface area contributed by atoms with E-state index < -0.39 is 5.41 Å². The molecule has 3 aromatic rings. The lowest BCUT2D eigenvalue weighted by Crippen LogP contribution is -2.36. The fourth-order valence-electron chi connectivity index (χ4n) is 4.01. The van der Waals surface area contributed by atoms with Gasteiger partial charge in [0.1, 0.15) is 0 Å². The molecule has 30 heavy (non-hydrogen) atoms. The molecule has 0 unspecified atom stereocenters. The van der Waals surface area contributed by atoms with E-state index >= 15 is 0 Å². The predicted molar refractivity (Wildman–Crippen MR) is 121 cm³/mol. The van der Waals surface area contributed by atoms with Crippen LogP contribution in [0.4, 0.5) is 5.13 Å². The molecule has 0 aliphatic carbocycles. The number of ketones is 1. The maximum absolute atomic E-state index is 13.1. The van der Waals surface area contributed by atoms with Gasteiger partial charge in [-0.25, -0.2) is 4.98 Å². The maximum atomic E-state index is 13.1. The van der Waals surface area contributed by atoms with E-state index in [2.05, 4.69) is 35.0 Å². The largest absolute Gasteiger partial charge is 0.338 e. The van der Waals surface area contributed by atoms with Crippen molar-refractivity contribution in [2.45, 2.75) is 57.4 Å². The highest BCUT2D eigenvalue weighted by Crippen LogP contribution is 2.35. The van der Waals surface area contributed by atoms with Gasteiger partial charge in [-0.3, -0.25) is 4.79 Å². The summed E-state index contributed by atoms with van der Waals surface area (Å²) < 4.78 is 0.960. The van der Waals surface area contributed by atoms with E-state index in [0.29, 0.717) is 12.1 Å². The van der Waals surface area contributed by atoms with Gasteiger partial charge in [0.25, 0.3) is 0 Å². The van der Waals surface area contributed by atoms with E-state index in [-0.39, 0.29) is 17.7 Å². The third-order valence-corrected chi connectivity index (χ3v) is 7.01. The van der Waals surface area contributed by atoms with Crippen molar-refractivity contribution in [3.8, 4) is 6.07 Å². The summed E-state index contributed by atoms with van der Waals surface area (Å²) in [6.45, 7) is 6.74. The van der Waals surface area contributed by atoms with E-state index in [1.807, 2.05) is 38.1 Å². The van der Waals surface area contributed by atoms with E-state index in [0.717, 1.165) is 34.8 Å². The van der Waals surface area contributed by atoms with Crippen molar-refractivity contribution in [2.75, 3.05) is 11.4 Å². The van der Waals surface area contributed by atoms with Gasteiger partial charge in [-0.2, -0.15) is 10.2 Å². The molecule has 0 saturated carbocycles. The van der Waals surface area contributed by atoms with E-state index in [1.165, 1.54) is 5.56 Å². The normalized spacial score (nSPS) is 17.8. The van der Waals surface area contributed by atoms with Crippen molar-refractivity contribution in [3.63, 3.8) is 0 Å². The number of nitrogens with zero attached hydrogens (tertiary/aromatic N) is 4. The number of carbonyl (C=O) groups is 1. The number of hydrogen-bond acceptors (Lipinski definition) is 6. The van der Waals surface area contributed by atoms with E-state index in [9.17, 15) is 10.1 Å². The summed E-state index contributed by atoms with van der Waals surface area (Å²) >= 11 is 1.56. The summed E-state index contributed by atoms with van der Waals surface area (Å²) in [5.74, 6) is 0.483. The summed E-state index contributed by atoms with van der Waals surface area (Å²) in [4.78, 5) is 24.5. The van der Waals surface area contributed by atoms with Crippen molar-refractivity contribution in [2.24, 2.45) is 0 Å². The Morgan fingerprint density at radius 1 is 1.37 bits per heavy atom. The van der Waals surface area contributed by atoms with Crippen LogP contribution in [-0.4, -0.2) is 28.3 Å². The number of rotatable bonds is 6. The molecule has 0 N–H and O–H groups in total. The Morgan fingerprint density at radius 2 is 2.13 bits per heavy atom. The number of Topliss-reactive ketones (excluding diaryl/α,β-unsaturated/α-hetero) is 1. The second-order valence-electron chi connectivity index (χ2n) is 8.61. The van der Waals surface area contributed by atoms with Gasteiger partial charge in [-0.1, -0.05) is 48.6 Å². The van der Waals surface area contributed by atoms with Gasteiger partial charge in [0.2, 0.25) is 0 Å². The van der Waals surface area contributed by atoms with Crippen LogP contribution in [0.15, 0.2) is 42.6 Å². The molecule has 3 heterocycles. The van der Waals surface area contributed by atoms with Gasteiger partial charge in [0.05, 0.1) is 22.2 Å². The molecule has 5 nitrogen and oxygen atoms in total. The number of aromatic nitrogens is 2. The molecule has 0 amide bonds. The van der Waals surface area contributed by atoms with Crippen LogP contribution in [0.2, 0.25) is 0 Å². The molecule has 2 atom stereocenters. The number of pyridine rings is 1. The van der Waals surface area contributed by atoms with Crippen molar-refractivity contribution in [1.82, 2.24) is 9.97 Å². The molecule has 1 fully saturated rings. The first-order valence-corrected chi connectivity index (χ1v) is 11.2. The average Bonchev–Trinajstić information content (AvgIpc) is 3.40. The first-order chi connectivity index (χ1) is 14.4. The van der Waals surface area contributed by atoms with Gasteiger partial charge in [0.15, 0.2) is 16.6 Å². The molecule has 2 aromatic heterocycles. The van der Waals surface area contributed by atoms with Gasteiger partial charge in [-0.05, 0) is 49.8 Å². The minimum atomic E-state index is -0.592. The van der Waals surface area contributed by atoms with Crippen LogP contribution >= 0.6 is 11.3 Å². The Balaban J connectivity index is 1.55. The first kappa shape index (κ1) is 20.5. The Labute approximate surface area is 181 Å². The molecule has 6 heteroatoms. The van der Waals surface area contributed by atoms with E-state index in [1.54, 1.807) is 17.5 Å². The fourth-order valence-corrected chi connectivity index (χ4v) is 5.05. The van der Waals surface area contributed by atoms with Crippen molar-refractivity contribution in [1.29, 1.82) is 5.26 Å². The monoisotopic (exact) mass is 418 g/mol. The number of thiazole rings is 1. The summed E-state index contributed by atoms with van der Waals surface area (Å²) in [7, 11) is 0. The quantitative estimate of drug-likeness (QED) is 0.549. The highest BCUT2D eigenvalue weighted by atomic mass is 32.1. The lowest BCUT2D eigenvalue weighted by molar-refractivity contribution is -0.120. The molecule has 0 radical (unpaired) electrons. The molecule has 0 bridgehead atoms. The van der Waals surface area contributed by atoms with Gasteiger partial charge in [-0.15, -0.1) is 0 Å². The molecule has 1 aromatic carbocycles. The Hall–Kier alpha value is -2.78. The van der Waals surface area contributed by atoms with Crippen molar-refractivity contribution in [3.05, 3.63) is 53.7 Å². The zero-order valence-electron chi connectivity index (χ0n) is 17.6. The van der Waals surface area contributed by atoms with Crippen LogP contribution in [0, 0.1) is 11.3 Å². The van der Waals surface area contributed by atoms with E-state index in [4.69, 9.17) is 4.98 Å². The molecule has 1 aliphatic heterocycles. The van der Waals surface area contributed by atoms with Crippen LogP contribution in [0.3, 0.4) is 0 Å². The molecule has 1 aliphatic rings. The zero-order chi connectivity index (χ0) is 21.3. The van der Waals surface area contributed by atoms with Gasteiger partial charge < -0.3 is 4.90 Å². The van der Waals surface area contributed by atoms with Crippen molar-refractivity contribution >= 4 is 32.6 Å². The Bertz CT molecular complexity index is 1100. The lowest BCUT2D eigenvalue weighted by atomic mass is 9.88. The zero-order valence-corrected chi connectivity index (χ0v) is 18.4. The number of anilines is 1. The van der Waals surface area contributed by atoms with Crippen molar-refractivity contribution < 1.29 is 4.79 Å². The Kier molecular flexibility index (Phi) is 5.57. The van der Waals surface area contributed by atoms with Crippen LogP contribution in [0.1, 0.15) is 57.1 Å². The standard InChI is InChI=1S/C24H26N4OS/c1-16(17-8-5-4-6-9-17)12-20(29)19-10-7-11-28(19)23-27-22-21(30-23)13-18(14-26-22)24(2,3)15-25/h4-6,8-9,13-14,16,19H,7,10-12H2,1-3H3/t16-,19+/m0/s1. The second kappa shape index (κ2) is 8.16. The van der Waals surface area contributed by atoms with Crippen LogP contribution in [0.25, 0.3) is 10.3 Å². The molecule has 4 rings (SSSR count). The number of nitriles is 1. The first-order valence-electron chi connectivity index (χ1n) is 10.4. The van der Waals surface area contributed by atoms with Crippen LogP contribution in [-0.2, 0) is 10.2 Å². The third kappa shape index (κ3) is 3.95. The third-order valence-electron chi connectivity index (χ3n) is 5.98. The Morgan fingerprint density at radius 3 is 2.87 bits per heavy atom. The molecular weight excluding hydrogens is 392 g/mol. The van der Waals surface area contributed by atoms with Gasteiger partial charge >= 0.3 is 0 Å². The summed E-state index contributed by atoms with van der Waals surface area (Å²) in [5.41, 5.74) is 2.18. The second-order valence-corrected chi connectivity index (χ2v) is 9.62. The summed E-state index contributed by atoms with van der Waals surface area (Å²) in [6, 6.07) is 14.4. The molecular formula is C24H26N4OS. The highest BCUT2D eigenvalue weighted by Gasteiger charge is 2.33. The summed E-state index contributed by atoms with van der Waals surface area (Å²) in [6.07, 6.45) is 4.14. The van der Waals surface area contributed by atoms with Gasteiger partial charge in [0, 0.05) is 19.2 Å². The predicted octanol–water partition coefficient (Wildman–Crippen LogP) is 5.22. The highest BCUT2D eigenvalue weighted by molar-refractivity contribution is 7.22. The smallest absolute Gasteiger partial charge is 0.188 e. The fraction of sp³-hybridized carbons (Fsp3) is 0.417. The minimum Gasteiger partial charge on any atom is -0.338 e. The SMILES string of the molecule is C[C@@H](CC(=O)[C@H]1CCCN1c1nc2ncc(C(C)(C)C#N)cc2s1)c1ccccc1. The van der Waals surface area contributed by atoms with Crippen LogP contribution < -0.4 is 4.90 Å². The topological polar surface area (TPSA) is 69.9 Å². The maximum Gasteiger partial charge on any atom is 0.188 e. The number of fused-ring (bicyclic) bond motifs is 1. The van der Waals surface area contributed by atoms with Crippen LogP contribution in [0.5, 0.6) is 0 Å². The lowest BCUT2D eigenvalue weighted by Gasteiger charge is -2.24. The number of benzene rings is 1. The number of hydrogen-bond donors (Lipinski definition) is 0. The molecule has 154 valence electrons. The molecule has 1 saturated heterocycles. The summed E-state index contributed by atoms with van der Waals surface area (Å²) in [5, 5.41) is 10.3. The average molecular weight is 419 g/mol. The minimum absolute atomic E-state index is 0.119.